The number of hydrogen-bond donors (Lipinski definition) is 4. The summed E-state index contributed by atoms with van der Waals surface area (Å²) in [5.41, 5.74) is 2.44. The third kappa shape index (κ3) is 4.48. The van der Waals surface area contributed by atoms with Crippen molar-refractivity contribution in [3.63, 3.8) is 0 Å². The van der Waals surface area contributed by atoms with E-state index in [1.807, 2.05) is 12.1 Å². The van der Waals surface area contributed by atoms with E-state index in [0.717, 1.165) is 5.39 Å². The van der Waals surface area contributed by atoms with Crippen LogP contribution < -0.4 is 20.0 Å². The van der Waals surface area contributed by atoms with Gasteiger partial charge in [-0.2, -0.15) is 5.23 Å². The van der Waals surface area contributed by atoms with Gasteiger partial charge in [0.1, 0.15) is 11.3 Å². The van der Waals surface area contributed by atoms with Crippen LogP contribution in [0.1, 0.15) is 0 Å². The molecule has 2 heterocycles. The number of ether oxygens (including phenoxy) is 1. The SMILES string of the molecule is COc1cccc2c(Nc3ccc(S(=O)(=O)Nc4ncccn4)cc3)c3ccc([NH+]([O-])O)cc3nc12. The van der Waals surface area contributed by atoms with E-state index < -0.39 is 15.2 Å². The van der Waals surface area contributed by atoms with Gasteiger partial charge < -0.3 is 15.3 Å². The fourth-order valence-electron chi connectivity index (χ4n) is 3.77. The second-order valence-electron chi connectivity index (χ2n) is 7.71. The van der Waals surface area contributed by atoms with E-state index in [0.29, 0.717) is 33.5 Å². The summed E-state index contributed by atoms with van der Waals surface area (Å²) in [5.74, 6) is 0.512. The summed E-state index contributed by atoms with van der Waals surface area (Å²) in [4.78, 5) is 12.5. The molecule has 0 spiro atoms. The lowest BCUT2D eigenvalue weighted by molar-refractivity contribution is -0.991. The van der Waals surface area contributed by atoms with Crippen molar-refractivity contribution in [2.24, 2.45) is 0 Å². The van der Waals surface area contributed by atoms with Crippen LogP contribution in [0.2, 0.25) is 0 Å². The third-order valence-corrected chi connectivity index (χ3v) is 6.80. The number of nitrogens with one attached hydrogen (secondary N) is 3. The highest BCUT2D eigenvalue weighted by Crippen LogP contribution is 2.37. The first-order valence-corrected chi connectivity index (χ1v) is 12.1. The van der Waals surface area contributed by atoms with Gasteiger partial charge in [0, 0.05) is 41.0 Å². The zero-order valence-electron chi connectivity index (χ0n) is 18.8. The zero-order valence-corrected chi connectivity index (χ0v) is 19.7. The largest absolute Gasteiger partial charge is 0.595 e. The Balaban J connectivity index is 1.55. The molecule has 0 saturated heterocycles. The van der Waals surface area contributed by atoms with Gasteiger partial charge in [-0.1, -0.05) is 12.1 Å². The van der Waals surface area contributed by atoms with E-state index in [1.165, 1.54) is 43.8 Å². The number of sulfonamides is 1. The van der Waals surface area contributed by atoms with Gasteiger partial charge in [0.2, 0.25) is 5.95 Å². The average molecular weight is 505 g/mol. The zero-order chi connectivity index (χ0) is 25.3. The van der Waals surface area contributed by atoms with Crippen molar-refractivity contribution in [2.75, 3.05) is 17.1 Å². The Bertz CT molecular complexity index is 1660. The highest BCUT2D eigenvalue weighted by molar-refractivity contribution is 7.92. The molecule has 0 aliphatic heterocycles. The first-order chi connectivity index (χ1) is 17.4. The van der Waals surface area contributed by atoms with Gasteiger partial charge >= 0.3 is 0 Å². The molecule has 11 nitrogen and oxygen atoms in total. The third-order valence-electron chi connectivity index (χ3n) is 5.46. The number of pyridine rings is 1. The van der Waals surface area contributed by atoms with Crippen molar-refractivity contribution >= 4 is 54.8 Å². The molecule has 5 aromatic rings. The number of anilines is 3. The normalized spacial score (nSPS) is 12.4. The summed E-state index contributed by atoms with van der Waals surface area (Å²) >= 11 is 0. The van der Waals surface area contributed by atoms with E-state index >= 15 is 0 Å². The molecule has 0 bridgehead atoms. The number of rotatable bonds is 7. The number of methoxy groups -OCH3 is 1. The molecule has 0 fully saturated rings. The molecule has 5 rings (SSSR count). The van der Waals surface area contributed by atoms with Gasteiger partial charge in [0.05, 0.1) is 23.2 Å². The molecule has 12 heteroatoms. The molecule has 36 heavy (non-hydrogen) atoms. The van der Waals surface area contributed by atoms with Gasteiger partial charge in [0.25, 0.3) is 10.0 Å². The minimum Gasteiger partial charge on any atom is -0.595 e. The summed E-state index contributed by atoms with van der Waals surface area (Å²) in [5, 5.41) is 24.7. The molecular formula is C24H20N6O5S. The van der Waals surface area contributed by atoms with Crippen molar-refractivity contribution in [3.8, 4) is 5.75 Å². The Labute approximate surface area is 205 Å². The molecule has 0 aliphatic rings. The maximum Gasteiger partial charge on any atom is 0.264 e. The van der Waals surface area contributed by atoms with Crippen LogP contribution in [-0.2, 0) is 10.0 Å². The molecule has 0 amide bonds. The fraction of sp³-hybridized carbons (Fsp3) is 0.0417. The molecular weight excluding hydrogens is 484 g/mol. The summed E-state index contributed by atoms with van der Waals surface area (Å²) in [6.07, 6.45) is 2.88. The van der Waals surface area contributed by atoms with Crippen LogP contribution in [0, 0.1) is 5.21 Å². The molecule has 0 radical (unpaired) electrons. The number of para-hydroxylation sites is 1. The number of hydrogen-bond acceptors (Lipinski definition) is 9. The van der Waals surface area contributed by atoms with Crippen LogP contribution in [0.3, 0.4) is 0 Å². The van der Waals surface area contributed by atoms with Crippen molar-refractivity contribution in [2.45, 2.75) is 4.90 Å². The Morgan fingerprint density at radius 3 is 2.42 bits per heavy atom. The maximum atomic E-state index is 12.7. The lowest BCUT2D eigenvalue weighted by Gasteiger charge is -2.17. The number of quaternary nitrogens is 1. The van der Waals surface area contributed by atoms with Gasteiger partial charge in [-0.3, -0.25) is 0 Å². The van der Waals surface area contributed by atoms with E-state index in [9.17, 15) is 18.8 Å². The summed E-state index contributed by atoms with van der Waals surface area (Å²) in [7, 11) is -2.34. The number of aromatic nitrogens is 3. The van der Waals surface area contributed by atoms with Crippen molar-refractivity contribution in [1.82, 2.24) is 15.0 Å². The Morgan fingerprint density at radius 1 is 0.972 bits per heavy atom. The van der Waals surface area contributed by atoms with Gasteiger partial charge in [-0.15, -0.1) is 0 Å². The lowest BCUT2D eigenvalue weighted by Crippen LogP contribution is -2.99. The van der Waals surface area contributed by atoms with E-state index in [4.69, 9.17) is 4.74 Å². The standard InChI is InChI=1S/C24H20N6O5S/c1-35-21-5-2-4-19-22(18-11-8-16(30(31)32)14-20(18)28-23(19)21)27-15-6-9-17(10-7-15)36(33,34)29-24-25-12-3-13-26-24/h2-14,30-31H,1H3,(H,27,28)(H,25,26,29). The maximum absolute atomic E-state index is 12.7. The van der Waals surface area contributed by atoms with Crippen LogP contribution in [0.4, 0.5) is 23.0 Å². The quantitative estimate of drug-likeness (QED) is 0.193. The number of nitrogens with zero attached hydrogens (tertiary/aromatic N) is 3. The van der Waals surface area contributed by atoms with Crippen molar-refractivity contribution in [3.05, 3.63) is 84.3 Å². The molecule has 0 saturated carbocycles. The molecule has 182 valence electrons. The number of benzene rings is 3. The lowest BCUT2D eigenvalue weighted by atomic mass is 10.1. The van der Waals surface area contributed by atoms with Crippen LogP contribution in [0.5, 0.6) is 5.75 Å². The Kier molecular flexibility index (Phi) is 6.08. The monoisotopic (exact) mass is 504 g/mol. The molecule has 0 aliphatic carbocycles. The van der Waals surface area contributed by atoms with Gasteiger partial charge in [0.15, 0.2) is 5.69 Å². The van der Waals surface area contributed by atoms with E-state index in [1.54, 1.807) is 30.3 Å². The van der Waals surface area contributed by atoms with E-state index in [2.05, 4.69) is 25.0 Å². The molecule has 1 unspecified atom stereocenters. The second kappa shape index (κ2) is 9.36. The Hall–Kier alpha value is -4.36. The van der Waals surface area contributed by atoms with Crippen molar-refractivity contribution in [1.29, 1.82) is 0 Å². The smallest absolute Gasteiger partial charge is 0.264 e. The molecule has 1 atom stereocenters. The topological polar surface area (TPSA) is 154 Å². The predicted octanol–water partition coefficient (Wildman–Crippen LogP) is 3.13. The molecule has 3 aromatic carbocycles. The minimum absolute atomic E-state index is 0.0240. The predicted molar refractivity (Wildman–Crippen MR) is 134 cm³/mol. The van der Waals surface area contributed by atoms with Crippen LogP contribution in [0.15, 0.2) is 84.0 Å². The van der Waals surface area contributed by atoms with E-state index in [-0.39, 0.29) is 16.5 Å². The first kappa shape index (κ1) is 23.4. The van der Waals surface area contributed by atoms with Gasteiger partial charge in [-0.05, 0) is 42.5 Å². The average Bonchev–Trinajstić information content (AvgIpc) is 2.88. The fourth-order valence-corrected chi connectivity index (χ4v) is 4.72. The second-order valence-corrected chi connectivity index (χ2v) is 9.39. The highest BCUT2D eigenvalue weighted by Gasteiger charge is 2.17. The minimum atomic E-state index is -3.88. The summed E-state index contributed by atoms with van der Waals surface area (Å²) in [6, 6.07) is 17.9. The summed E-state index contributed by atoms with van der Waals surface area (Å²) in [6.45, 7) is 0. The van der Waals surface area contributed by atoms with Crippen LogP contribution in [0.25, 0.3) is 21.8 Å². The van der Waals surface area contributed by atoms with Crippen molar-refractivity contribution < 1.29 is 23.6 Å². The van der Waals surface area contributed by atoms with Crippen LogP contribution in [-0.4, -0.2) is 35.7 Å². The number of fused-ring (bicyclic) bond motifs is 2. The van der Waals surface area contributed by atoms with Crippen LogP contribution >= 0.6 is 0 Å². The molecule has 4 N–H and O–H groups in total. The summed E-state index contributed by atoms with van der Waals surface area (Å²) < 4.78 is 33.2. The Morgan fingerprint density at radius 2 is 1.72 bits per heavy atom. The van der Waals surface area contributed by atoms with Gasteiger partial charge in [-0.25, -0.2) is 33.3 Å². The first-order valence-electron chi connectivity index (χ1n) is 10.7. The molecule has 2 aromatic heterocycles. The highest BCUT2D eigenvalue weighted by atomic mass is 32.2.